The molecule has 0 bridgehead atoms. The third-order valence-electron chi connectivity index (χ3n) is 7.42. The highest BCUT2D eigenvalue weighted by molar-refractivity contribution is 6.05. The van der Waals surface area contributed by atoms with Crippen molar-refractivity contribution in [2.45, 2.75) is 71.1 Å². The SMILES string of the molecule is CCn1c(=O)[nH]c(=O)c2c(C(=O)N3CCC(CN4CC(C)OC(C)C4)CC3)cc(C3CC3)nc21. The third-order valence-corrected chi connectivity index (χ3v) is 7.42. The zero-order valence-electron chi connectivity index (χ0n) is 20.4. The van der Waals surface area contributed by atoms with E-state index in [0.717, 1.165) is 51.0 Å². The maximum atomic E-state index is 13.7. The lowest BCUT2D eigenvalue weighted by molar-refractivity contribution is -0.0728. The minimum absolute atomic E-state index is 0.131. The van der Waals surface area contributed by atoms with E-state index in [9.17, 15) is 14.4 Å². The largest absolute Gasteiger partial charge is 0.373 e. The second-order valence-corrected chi connectivity index (χ2v) is 10.3. The smallest absolute Gasteiger partial charge is 0.329 e. The number of nitrogens with one attached hydrogen (secondary N) is 1. The second kappa shape index (κ2) is 9.26. The molecule has 2 aromatic heterocycles. The van der Waals surface area contributed by atoms with Gasteiger partial charge in [0.05, 0.1) is 23.2 Å². The number of piperidine rings is 1. The lowest BCUT2D eigenvalue weighted by Crippen LogP contribution is -2.48. The topological polar surface area (TPSA) is 101 Å². The van der Waals surface area contributed by atoms with Gasteiger partial charge in [0, 0.05) is 50.9 Å². The third kappa shape index (κ3) is 4.55. The molecule has 1 N–H and O–H groups in total. The predicted molar refractivity (Wildman–Crippen MR) is 129 cm³/mol. The average Bonchev–Trinajstić information content (AvgIpc) is 3.63. The van der Waals surface area contributed by atoms with Crippen LogP contribution in [0.15, 0.2) is 15.7 Å². The maximum Gasteiger partial charge on any atom is 0.329 e. The van der Waals surface area contributed by atoms with Gasteiger partial charge in [0.1, 0.15) is 0 Å². The fourth-order valence-corrected chi connectivity index (χ4v) is 5.63. The predicted octanol–water partition coefficient (Wildman–Crippen LogP) is 1.94. The molecule has 9 nitrogen and oxygen atoms in total. The molecule has 3 aliphatic rings. The number of fused-ring (bicyclic) bond motifs is 1. The number of carbonyl (C=O) groups is 1. The van der Waals surface area contributed by atoms with Crippen molar-refractivity contribution in [2.75, 3.05) is 32.7 Å². The molecule has 3 fully saturated rings. The maximum absolute atomic E-state index is 13.7. The summed E-state index contributed by atoms with van der Waals surface area (Å²) in [5.41, 5.74) is 0.507. The molecule has 5 rings (SSSR count). The van der Waals surface area contributed by atoms with E-state index in [1.165, 1.54) is 4.57 Å². The number of aromatic nitrogens is 3. The molecule has 4 heterocycles. The van der Waals surface area contributed by atoms with E-state index in [2.05, 4.69) is 28.7 Å². The molecule has 2 atom stereocenters. The Morgan fingerprint density at radius 3 is 2.41 bits per heavy atom. The Hall–Kier alpha value is -2.52. The van der Waals surface area contributed by atoms with E-state index in [-0.39, 0.29) is 23.5 Å². The standard InChI is InChI=1S/C25H35N5O4/c1-4-30-22-21(23(31)27-25(30)33)19(11-20(26-22)18-5-6-18)24(32)29-9-7-17(8-10-29)14-28-12-15(2)34-16(3)13-28/h11,15-18H,4-10,12-14H2,1-3H3,(H,27,31,33). The highest BCUT2D eigenvalue weighted by atomic mass is 16.5. The molecule has 1 amide bonds. The Morgan fingerprint density at radius 1 is 1.12 bits per heavy atom. The first-order valence-corrected chi connectivity index (χ1v) is 12.7. The van der Waals surface area contributed by atoms with Crippen molar-refractivity contribution in [3.8, 4) is 0 Å². The number of pyridine rings is 1. The highest BCUT2D eigenvalue weighted by Crippen LogP contribution is 2.40. The Kier molecular flexibility index (Phi) is 6.33. The Morgan fingerprint density at radius 2 is 1.79 bits per heavy atom. The van der Waals surface area contributed by atoms with Crippen molar-refractivity contribution in [1.82, 2.24) is 24.3 Å². The fraction of sp³-hybridized carbons (Fsp3) is 0.680. The molecule has 2 aromatic rings. The van der Waals surface area contributed by atoms with Crippen LogP contribution in [0, 0.1) is 5.92 Å². The lowest BCUT2D eigenvalue weighted by Gasteiger charge is -2.39. The molecular formula is C25H35N5O4. The van der Waals surface area contributed by atoms with Gasteiger partial charge in [-0.15, -0.1) is 0 Å². The van der Waals surface area contributed by atoms with Gasteiger partial charge in [0.2, 0.25) is 0 Å². The van der Waals surface area contributed by atoms with Crippen molar-refractivity contribution < 1.29 is 9.53 Å². The van der Waals surface area contributed by atoms with Gasteiger partial charge in [-0.2, -0.15) is 0 Å². The summed E-state index contributed by atoms with van der Waals surface area (Å²) in [6, 6.07) is 1.80. The van der Waals surface area contributed by atoms with E-state index in [0.29, 0.717) is 42.7 Å². The molecule has 34 heavy (non-hydrogen) atoms. The molecule has 0 aromatic carbocycles. The van der Waals surface area contributed by atoms with Crippen LogP contribution >= 0.6 is 0 Å². The number of hydrogen-bond donors (Lipinski definition) is 1. The number of aromatic amines is 1. The Labute approximate surface area is 199 Å². The molecule has 0 radical (unpaired) electrons. The average molecular weight is 470 g/mol. The monoisotopic (exact) mass is 469 g/mol. The summed E-state index contributed by atoms with van der Waals surface area (Å²) >= 11 is 0. The summed E-state index contributed by atoms with van der Waals surface area (Å²) in [6.07, 6.45) is 4.45. The summed E-state index contributed by atoms with van der Waals surface area (Å²) in [5, 5.41) is 0.231. The molecule has 1 saturated carbocycles. The van der Waals surface area contributed by atoms with E-state index in [4.69, 9.17) is 4.74 Å². The van der Waals surface area contributed by atoms with Gasteiger partial charge >= 0.3 is 5.69 Å². The van der Waals surface area contributed by atoms with Gasteiger partial charge < -0.3 is 9.64 Å². The number of ether oxygens (including phenoxy) is 1. The van der Waals surface area contributed by atoms with Crippen LogP contribution in [-0.2, 0) is 11.3 Å². The fourth-order valence-electron chi connectivity index (χ4n) is 5.63. The number of likely N-dealkylation sites (tertiary alicyclic amines) is 1. The van der Waals surface area contributed by atoms with Gasteiger partial charge in [0.15, 0.2) is 5.65 Å². The van der Waals surface area contributed by atoms with Crippen molar-refractivity contribution >= 4 is 16.9 Å². The van der Waals surface area contributed by atoms with Gasteiger partial charge in [-0.05, 0) is 58.4 Å². The van der Waals surface area contributed by atoms with E-state index < -0.39 is 11.2 Å². The van der Waals surface area contributed by atoms with E-state index in [1.54, 1.807) is 6.07 Å². The number of rotatable bonds is 5. The molecule has 9 heteroatoms. The van der Waals surface area contributed by atoms with Crippen LogP contribution in [0.5, 0.6) is 0 Å². The lowest BCUT2D eigenvalue weighted by atomic mass is 9.95. The van der Waals surface area contributed by atoms with Gasteiger partial charge in [-0.25, -0.2) is 9.78 Å². The van der Waals surface area contributed by atoms with Crippen LogP contribution in [0.3, 0.4) is 0 Å². The minimum atomic E-state index is -0.534. The summed E-state index contributed by atoms with van der Waals surface area (Å²) in [4.78, 5) is 50.2. The minimum Gasteiger partial charge on any atom is -0.373 e. The van der Waals surface area contributed by atoms with Crippen molar-refractivity contribution in [1.29, 1.82) is 0 Å². The molecule has 1 aliphatic carbocycles. The van der Waals surface area contributed by atoms with Gasteiger partial charge in [0.25, 0.3) is 11.5 Å². The second-order valence-electron chi connectivity index (χ2n) is 10.3. The van der Waals surface area contributed by atoms with Gasteiger partial charge in [-0.3, -0.25) is 24.0 Å². The first-order valence-electron chi connectivity index (χ1n) is 12.7. The van der Waals surface area contributed by atoms with Crippen molar-refractivity contribution in [2.24, 2.45) is 5.92 Å². The van der Waals surface area contributed by atoms with E-state index >= 15 is 0 Å². The highest BCUT2D eigenvalue weighted by Gasteiger charge is 2.32. The normalized spacial score (nSPS) is 24.6. The number of amides is 1. The molecular weight excluding hydrogens is 434 g/mol. The van der Waals surface area contributed by atoms with Crippen molar-refractivity contribution in [3.63, 3.8) is 0 Å². The molecule has 2 aliphatic heterocycles. The number of carbonyl (C=O) groups excluding carboxylic acids is 1. The molecule has 184 valence electrons. The van der Waals surface area contributed by atoms with Crippen LogP contribution in [0.25, 0.3) is 11.0 Å². The number of H-pyrrole nitrogens is 1. The van der Waals surface area contributed by atoms with Crippen LogP contribution in [0.4, 0.5) is 0 Å². The van der Waals surface area contributed by atoms with Gasteiger partial charge in [-0.1, -0.05) is 0 Å². The van der Waals surface area contributed by atoms with Crippen molar-refractivity contribution in [3.05, 3.63) is 38.2 Å². The Bertz CT molecular complexity index is 1180. The summed E-state index contributed by atoms with van der Waals surface area (Å²) in [5.74, 6) is 0.722. The molecule has 2 saturated heterocycles. The number of nitrogens with zero attached hydrogens (tertiary/aromatic N) is 4. The quantitative estimate of drug-likeness (QED) is 0.718. The van der Waals surface area contributed by atoms with Crippen LogP contribution in [-0.4, -0.2) is 75.2 Å². The summed E-state index contributed by atoms with van der Waals surface area (Å²) < 4.78 is 7.31. The zero-order valence-corrected chi connectivity index (χ0v) is 20.4. The Balaban J connectivity index is 1.37. The number of hydrogen-bond acceptors (Lipinski definition) is 6. The molecule has 0 spiro atoms. The summed E-state index contributed by atoms with van der Waals surface area (Å²) in [6.45, 7) is 10.8. The summed E-state index contributed by atoms with van der Waals surface area (Å²) in [7, 11) is 0. The first kappa shape index (κ1) is 23.2. The van der Waals surface area contributed by atoms with Crippen LogP contribution in [0.1, 0.15) is 68.4 Å². The first-order chi connectivity index (χ1) is 16.3. The zero-order chi connectivity index (χ0) is 24.0. The number of morpholine rings is 1. The van der Waals surface area contributed by atoms with E-state index in [1.807, 2.05) is 11.8 Å². The number of aryl methyl sites for hydroxylation is 1. The molecule has 2 unspecified atom stereocenters. The van der Waals surface area contributed by atoms with Crippen LogP contribution < -0.4 is 11.2 Å². The van der Waals surface area contributed by atoms with Crippen LogP contribution in [0.2, 0.25) is 0 Å².